The fraction of sp³-hybridized carbons (Fsp3) is 0.667. The van der Waals surface area contributed by atoms with Gasteiger partial charge in [0.25, 0.3) is 0 Å². The maximum atomic E-state index is 9.89. The second kappa shape index (κ2) is 9.89. The van der Waals surface area contributed by atoms with Crippen molar-refractivity contribution in [1.29, 1.82) is 0 Å². The van der Waals surface area contributed by atoms with Crippen molar-refractivity contribution in [2.75, 3.05) is 13.3 Å². The van der Waals surface area contributed by atoms with Gasteiger partial charge in [-0.25, -0.2) is 9.36 Å². The first-order valence-electron chi connectivity index (χ1n) is 2.68. The summed E-state index contributed by atoms with van der Waals surface area (Å²) < 4.78 is 23.2. The minimum absolute atomic E-state index is 0. The summed E-state index contributed by atoms with van der Waals surface area (Å²) in [4.78, 5) is 24.9. The molecule has 4 N–H and O–H groups in total. The van der Waals surface area contributed by atoms with Gasteiger partial charge in [-0.3, -0.25) is 0 Å². The summed E-state index contributed by atoms with van der Waals surface area (Å²) in [5, 5.41) is 15.0. The zero-order valence-corrected chi connectivity index (χ0v) is 10.4. The Kier molecular flexibility index (Phi) is 14.0. The Bertz CT molecular complexity index is 223. The van der Waals surface area contributed by atoms with Gasteiger partial charge in [0.05, 0.1) is 0 Å². The minimum atomic E-state index is -4.51. The van der Waals surface area contributed by atoms with Gasteiger partial charge >= 0.3 is 21.8 Å². The Labute approximate surface area is 95.3 Å². The number of carboxylic acids is 1. The van der Waals surface area contributed by atoms with Crippen molar-refractivity contribution in [3.63, 3.8) is 0 Å². The van der Waals surface area contributed by atoms with Crippen LogP contribution in [0.1, 0.15) is 0 Å². The number of carboxylic acid groups (broad SMARTS) is 1. The van der Waals surface area contributed by atoms with Crippen LogP contribution in [0, 0.1) is 0 Å². The van der Waals surface area contributed by atoms with Gasteiger partial charge in [-0.05, 0) is 8.88 Å². The normalized spacial score (nSPS) is 10.4. The van der Waals surface area contributed by atoms with Crippen LogP contribution in [-0.4, -0.2) is 39.2 Å². The van der Waals surface area contributed by atoms with Crippen LogP contribution >= 0.6 is 15.9 Å². The van der Waals surface area contributed by atoms with E-state index in [1.54, 1.807) is 0 Å². The molecule has 0 aromatic rings. The number of carbonyl (C=O) groups is 1. The van der Waals surface area contributed by atoms with Gasteiger partial charge in [0.15, 0.2) is 6.66 Å². The van der Waals surface area contributed by atoms with Crippen LogP contribution in [0.15, 0.2) is 0 Å². The molecule has 0 fully saturated rings. The van der Waals surface area contributed by atoms with E-state index in [4.69, 9.17) is 24.8 Å². The third-order valence-corrected chi connectivity index (χ3v) is 2.13. The smallest absolute Gasteiger partial charge is 0.480 e. The van der Waals surface area contributed by atoms with Crippen LogP contribution in [0.2, 0.25) is 0 Å². The molecule has 82 valence electrons. The Morgan fingerprint density at radius 2 is 1.79 bits per heavy atom. The van der Waals surface area contributed by atoms with E-state index >= 15 is 0 Å². The van der Waals surface area contributed by atoms with Crippen molar-refractivity contribution < 1.29 is 60.0 Å². The van der Waals surface area contributed by atoms with Crippen molar-refractivity contribution >= 4 is 21.8 Å². The second-order valence-electron chi connectivity index (χ2n) is 1.56. The van der Waals surface area contributed by atoms with Crippen LogP contribution in [0.3, 0.4) is 0 Å². The monoisotopic (exact) mass is 283 g/mol. The summed E-state index contributed by atoms with van der Waals surface area (Å²) in [6.45, 7) is 0.286. The Balaban J connectivity index is -0.000000177. The number of hydrogen-bond acceptors (Lipinski definition) is 5. The van der Waals surface area contributed by atoms with E-state index in [1.807, 2.05) is 0 Å². The van der Waals surface area contributed by atoms with E-state index in [0.717, 1.165) is 6.66 Å². The molecule has 8 nitrogen and oxygen atoms in total. The van der Waals surface area contributed by atoms with Crippen LogP contribution in [0.25, 0.3) is 0 Å². The van der Waals surface area contributed by atoms with Crippen LogP contribution in [0.5, 0.6) is 0 Å². The quantitative estimate of drug-likeness (QED) is 0.402. The van der Waals surface area contributed by atoms with Crippen LogP contribution < -0.4 is 0 Å². The molecule has 14 heavy (non-hydrogen) atoms. The summed E-state index contributed by atoms with van der Waals surface area (Å²) in [7, 11) is -6.71. The topological polar surface area (TPSA) is 141 Å². The minimum Gasteiger partial charge on any atom is -0.480 e. The predicted molar refractivity (Wildman–Crippen MR) is 41.4 cm³/mol. The molecular formula is C3H9O8P2Ti+. The van der Waals surface area contributed by atoms with Gasteiger partial charge < -0.3 is 20.0 Å². The summed E-state index contributed by atoms with van der Waals surface area (Å²) in [5.41, 5.74) is 0. The van der Waals surface area contributed by atoms with Crippen molar-refractivity contribution in [2.45, 2.75) is 0 Å². The van der Waals surface area contributed by atoms with Crippen LogP contribution in [0.4, 0.5) is 0 Å². The third-order valence-electron chi connectivity index (χ3n) is 0.357. The fourth-order valence-electron chi connectivity index (χ4n) is 0.150. The average molecular weight is 283 g/mol. The van der Waals surface area contributed by atoms with E-state index in [-0.39, 0.29) is 21.7 Å². The summed E-state index contributed by atoms with van der Waals surface area (Å²) >= 11 is 0. The molecule has 0 aliphatic rings. The number of aliphatic hydroxyl groups excluding tert-OH is 1. The zero-order valence-electron chi connectivity index (χ0n) is 7.02. The number of hydrogen-bond donors (Lipinski definition) is 4. The summed E-state index contributed by atoms with van der Waals surface area (Å²) in [6, 6.07) is 0. The zero-order chi connectivity index (χ0) is 11.1. The Morgan fingerprint density at radius 1 is 1.50 bits per heavy atom. The molecule has 1 unspecified atom stereocenters. The predicted octanol–water partition coefficient (Wildman–Crippen LogP) is -0.471. The van der Waals surface area contributed by atoms with Crippen LogP contribution in [-0.2, 0) is 40.0 Å². The van der Waals surface area contributed by atoms with E-state index in [0.29, 0.717) is 0 Å². The van der Waals surface area contributed by atoms with E-state index in [9.17, 15) is 9.13 Å². The number of rotatable bonds is 3. The molecule has 11 heteroatoms. The first-order valence-corrected chi connectivity index (χ1v) is 5.83. The second-order valence-corrected chi connectivity index (χ2v) is 4.08. The van der Waals surface area contributed by atoms with Gasteiger partial charge in [-0.1, -0.05) is 0 Å². The molecule has 0 aromatic carbocycles. The summed E-state index contributed by atoms with van der Waals surface area (Å²) in [5.74, 6) is -1.19. The Morgan fingerprint density at radius 3 is 1.79 bits per heavy atom. The molecule has 0 saturated heterocycles. The molecule has 0 rings (SSSR count). The first kappa shape index (κ1) is 19.9. The molecule has 0 bridgehead atoms. The van der Waals surface area contributed by atoms with Gasteiger partial charge in [0.1, 0.15) is 6.61 Å². The maximum absolute atomic E-state index is 9.89. The molecular weight excluding hydrogens is 274 g/mol. The van der Waals surface area contributed by atoms with Crippen molar-refractivity contribution in [3.8, 4) is 0 Å². The fourth-order valence-corrected chi connectivity index (χ4v) is 1.35. The average Bonchev–Trinajstić information content (AvgIpc) is 1.83. The van der Waals surface area contributed by atoms with Crippen molar-refractivity contribution in [1.82, 2.24) is 0 Å². The van der Waals surface area contributed by atoms with Crippen molar-refractivity contribution in [3.05, 3.63) is 0 Å². The molecule has 0 saturated carbocycles. The van der Waals surface area contributed by atoms with Gasteiger partial charge in [0, 0.05) is 21.7 Å². The molecule has 1 atom stereocenters. The van der Waals surface area contributed by atoms with E-state index < -0.39 is 28.4 Å². The number of phosphoric acid groups is 1. The van der Waals surface area contributed by atoms with E-state index in [2.05, 4.69) is 4.31 Å². The summed E-state index contributed by atoms with van der Waals surface area (Å²) in [6.07, 6.45) is 0. The SMILES string of the molecule is C[P+](=O)OP(=O)(O)O.O=C(O)CO.[Ti]. The molecule has 0 heterocycles. The molecule has 0 aromatic heterocycles. The third kappa shape index (κ3) is 29.4. The maximum Gasteiger partial charge on any atom is 0.515 e. The first-order chi connectivity index (χ1) is 5.69. The molecule has 0 aliphatic heterocycles. The largest absolute Gasteiger partial charge is 0.515 e. The van der Waals surface area contributed by atoms with Gasteiger partial charge in [-0.2, -0.15) is 0 Å². The van der Waals surface area contributed by atoms with Gasteiger partial charge in [-0.15, -0.1) is 0 Å². The molecule has 0 radical (unpaired) electrons. The molecule has 0 amide bonds. The molecule has 0 spiro atoms. The van der Waals surface area contributed by atoms with E-state index in [1.165, 1.54) is 0 Å². The number of aliphatic carboxylic acids is 1. The standard InChI is InChI=1S/C2H4O3.CH4O5P2.Ti/c3-1-2(4)5;1-7(2)6-8(3,4)5;/h3H,1H2,(H,4,5);1H3,(H-,3,4,5);/p+1. The van der Waals surface area contributed by atoms with Gasteiger partial charge in [0.2, 0.25) is 0 Å². The molecule has 0 aliphatic carbocycles. The Hall–Kier alpha value is 0.354. The van der Waals surface area contributed by atoms with Crippen molar-refractivity contribution in [2.24, 2.45) is 0 Å². The number of aliphatic hydroxyl groups is 1.